The molecule has 1 unspecified atom stereocenters. The second-order valence-electron chi connectivity index (χ2n) is 5.44. The standard InChI is InChI=1S/C15H17N5O/c1-16-14-11-3-2-10(8-12(11)18-15(14)21)20-7-6-19-5-4-17-13(19)9-20/h2-5,8,14,16H,6-7,9H2,1H3,(H,18,21). The summed E-state index contributed by atoms with van der Waals surface area (Å²) in [6, 6.07) is 5.94. The van der Waals surface area contributed by atoms with Crippen LogP contribution in [0.3, 0.4) is 0 Å². The van der Waals surface area contributed by atoms with Gasteiger partial charge in [0.05, 0.1) is 6.54 Å². The van der Waals surface area contributed by atoms with Crippen LogP contribution in [-0.2, 0) is 17.9 Å². The number of amides is 1. The average Bonchev–Trinajstić information content (AvgIpc) is 3.08. The Kier molecular flexibility index (Phi) is 2.71. The number of fused-ring (bicyclic) bond motifs is 2. The van der Waals surface area contributed by atoms with Crippen LogP contribution in [0.1, 0.15) is 17.4 Å². The Labute approximate surface area is 122 Å². The minimum atomic E-state index is -0.241. The molecule has 1 aromatic heterocycles. The maximum Gasteiger partial charge on any atom is 0.246 e. The molecule has 0 radical (unpaired) electrons. The Bertz CT molecular complexity index is 708. The van der Waals surface area contributed by atoms with Crippen molar-refractivity contribution >= 4 is 17.3 Å². The van der Waals surface area contributed by atoms with Crippen LogP contribution >= 0.6 is 0 Å². The number of carbonyl (C=O) groups is 1. The Morgan fingerprint density at radius 1 is 1.38 bits per heavy atom. The first kappa shape index (κ1) is 12.4. The molecule has 2 N–H and O–H groups in total. The van der Waals surface area contributed by atoms with Crippen molar-refractivity contribution in [2.45, 2.75) is 19.1 Å². The molecule has 0 spiro atoms. The second-order valence-corrected chi connectivity index (χ2v) is 5.44. The fraction of sp³-hybridized carbons (Fsp3) is 0.333. The van der Waals surface area contributed by atoms with Gasteiger partial charge >= 0.3 is 0 Å². The first-order valence-electron chi connectivity index (χ1n) is 7.13. The minimum Gasteiger partial charge on any atom is -0.362 e. The van der Waals surface area contributed by atoms with Gasteiger partial charge in [0, 0.05) is 42.4 Å². The van der Waals surface area contributed by atoms with Crippen molar-refractivity contribution < 1.29 is 4.79 Å². The van der Waals surface area contributed by atoms with Gasteiger partial charge in [0.1, 0.15) is 11.9 Å². The highest BCUT2D eigenvalue weighted by Crippen LogP contribution is 2.34. The predicted molar refractivity (Wildman–Crippen MR) is 80.1 cm³/mol. The summed E-state index contributed by atoms with van der Waals surface area (Å²) in [5.41, 5.74) is 3.05. The van der Waals surface area contributed by atoms with E-state index in [4.69, 9.17) is 0 Å². The van der Waals surface area contributed by atoms with Crippen molar-refractivity contribution in [3.8, 4) is 0 Å². The van der Waals surface area contributed by atoms with Crippen molar-refractivity contribution in [1.29, 1.82) is 0 Å². The first-order chi connectivity index (χ1) is 10.3. The van der Waals surface area contributed by atoms with Gasteiger partial charge in [-0.2, -0.15) is 0 Å². The van der Waals surface area contributed by atoms with Crippen LogP contribution in [0.4, 0.5) is 11.4 Å². The van der Waals surface area contributed by atoms with Crippen LogP contribution in [0, 0.1) is 0 Å². The zero-order chi connectivity index (χ0) is 14.4. The lowest BCUT2D eigenvalue weighted by Crippen LogP contribution is -2.33. The number of benzene rings is 1. The number of imidazole rings is 1. The van der Waals surface area contributed by atoms with E-state index in [1.54, 1.807) is 7.05 Å². The normalized spacial score (nSPS) is 20.1. The molecular formula is C15H17N5O. The number of aromatic nitrogens is 2. The number of anilines is 2. The smallest absolute Gasteiger partial charge is 0.246 e. The Morgan fingerprint density at radius 3 is 3.14 bits per heavy atom. The second kappa shape index (κ2) is 4.60. The number of hydrogen-bond acceptors (Lipinski definition) is 4. The van der Waals surface area contributed by atoms with Crippen LogP contribution in [0.25, 0.3) is 0 Å². The van der Waals surface area contributed by atoms with E-state index in [1.807, 2.05) is 18.5 Å². The van der Waals surface area contributed by atoms with E-state index in [9.17, 15) is 4.79 Å². The molecule has 2 aromatic rings. The summed E-state index contributed by atoms with van der Waals surface area (Å²) in [5.74, 6) is 1.10. The maximum absolute atomic E-state index is 11.9. The van der Waals surface area contributed by atoms with Gasteiger partial charge in [-0.1, -0.05) is 6.07 Å². The average molecular weight is 283 g/mol. The molecule has 6 nitrogen and oxygen atoms in total. The molecule has 0 bridgehead atoms. The summed E-state index contributed by atoms with van der Waals surface area (Å²) < 4.78 is 2.18. The van der Waals surface area contributed by atoms with E-state index >= 15 is 0 Å². The van der Waals surface area contributed by atoms with Crippen molar-refractivity contribution in [3.05, 3.63) is 42.0 Å². The van der Waals surface area contributed by atoms with Crippen LogP contribution < -0.4 is 15.5 Å². The van der Waals surface area contributed by atoms with Crippen molar-refractivity contribution in [1.82, 2.24) is 14.9 Å². The number of hydrogen-bond donors (Lipinski definition) is 2. The van der Waals surface area contributed by atoms with Crippen LogP contribution in [-0.4, -0.2) is 29.1 Å². The molecule has 0 fully saturated rings. The third-order valence-electron chi connectivity index (χ3n) is 4.27. The van der Waals surface area contributed by atoms with Crippen LogP contribution in [0.15, 0.2) is 30.6 Å². The fourth-order valence-corrected chi connectivity index (χ4v) is 3.13. The van der Waals surface area contributed by atoms with Gasteiger partial charge in [0.2, 0.25) is 5.91 Å². The van der Waals surface area contributed by atoms with E-state index < -0.39 is 0 Å². The zero-order valence-electron chi connectivity index (χ0n) is 11.8. The summed E-state index contributed by atoms with van der Waals surface area (Å²) in [5, 5.41) is 5.98. The number of nitrogens with one attached hydrogen (secondary N) is 2. The highest BCUT2D eigenvalue weighted by Gasteiger charge is 2.29. The number of nitrogens with zero attached hydrogens (tertiary/aromatic N) is 3. The Balaban J connectivity index is 1.64. The van der Waals surface area contributed by atoms with Gasteiger partial charge < -0.3 is 20.1 Å². The highest BCUT2D eigenvalue weighted by molar-refractivity contribution is 6.03. The van der Waals surface area contributed by atoms with Gasteiger partial charge in [0.15, 0.2) is 0 Å². The van der Waals surface area contributed by atoms with E-state index in [0.717, 1.165) is 42.4 Å². The number of carbonyl (C=O) groups excluding carboxylic acids is 1. The molecule has 6 heteroatoms. The van der Waals surface area contributed by atoms with Gasteiger partial charge in [0.25, 0.3) is 0 Å². The molecule has 4 rings (SSSR count). The fourth-order valence-electron chi connectivity index (χ4n) is 3.13. The van der Waals surface area contributed by atoms with Gasteiger partial charge in [-0.15, -0.1) is 0 Å². The summed E-state index contributed by atoms with van der Waals surface area (Å²) in [6.07, 6.45) is 3.87. The molecule has 1 atom stereocenters. The summed E-state index contributed by atoms with van der Waals surface area (Å²) in [4.78, 5) is 18.6. The van der Waals surface area contributed by atoms with Crippen LogP contribution in [0.5, 0.6) is 0 Å². The van der Waals surface area contributed by atoms with Gasteiger partial charge in [-0.05, 0) is 19.2 Å². The van der Waals surface area contributed by atoms with Crippen molar-refractivity contribution in [2.75, 3.05) is 23.8 Å². The molecular weight excluding hydrogens is 266 g/mol. The lowest BCUT2D eigenvalue weighted by Gasteiger charge is -2.30. The summed E-state index contributed by atoms with van der Waals surface area (Å²) in [6.45, 7) is 2.69. The SMILES string of the molecule is CNC1C(=O)Nc2cc(N3CCn4ccnc4C3)ccc21. The number of likely N-dealkylation sites (N-methyl/N-ethyl adjacent to an activating group) is 1. The maximum atomic E-state index is 11.9. The number of rotatable bonds is 2. The quantitative estimate of drug-likeness (QED) is 0.867. The van der Waals surface area contributed by atoms with E-state index in [0.29, 0.717) is 0 Å². The Hall–Kier alpha value is -2.34. The zero-order valence-corrected chi connectivity index (χ0v) is 11.8. The summed E-state index contributed by atoms with van der Waals surface area (Å²) in [7, 11) is 1.80. The molecule has 21 heavy (non-hydrogen) atoms. The molecule has 3 heterocycles. The highest BCUT2D eigenvalue weighted by atomic mass is 16.2. The molecule has 0 aliphatic carbocycles. The lowest BCUT2D eigenvalue weighted by molar-refractivity contribution is -0.117. The van der Waals surface area contributed by atoms with Crippen molar-refractivity contribution in [2.24, 2.45) is 0 Å². The monoisotopic (exact) mass is 283 g/mol. The third-order valence-corrected chi connectivity index (χ3v) is 4.27. The Morgan fingerprint density at radius 2 is 2.29 bits per heavy atom. The molecule has 0 saturated carbocycles. The third kappa shape index (κ3) is 1.91. The van der Waals surface area contributed by atoms with Gasteiger partial charge in [-0.3, -0.25) is 4.79 Å². The van der Waals surface area contributed by atoms with Crippen LogP contribution in [0.2, 0.25) is 0 Å². The van der Waals surface area contributed by atoms with Gasteiger partial charge in [-0.25, -0.2) is 4.98 Å². The first-order valence-corrected chi connectivity index (χ1v) is 7.13. The molecule has 2 aliphatic heterocycles. The van der Waals surface area contributed by atoms with E-state index in [1.165, 1.54) is 0 Å². The predicted octanol–water partition coefficient (Wildman–Crippen LogP) is 1.12. The molecule has 1 aromatic carbocycles. The molecule has 1 amide bonds. The lowest BCUT2D eigenvalue weighted by atomic mass is 10.1. The topological polar surface area (TPSA) is 62.2 Å². The van der Waals surface area contributed by atoms with E-state index in [2.05, 4.69) is 37.2 Å². The minimum absolute atomic E-state index is 0.0128. The largest absolute Gasteiger partial charge is 0.362 e. The van der Waals surface area contributed by atoms with Crippen molar-refractivity contribution in [3.63, 3.8) is 0 Å². The summed E-state index contributed by atoms with van der Waals surface area (Å²) >= 11 is 0. The molecule has 2 aliphatic rings. The van der Waals surface area contributed by atoms with E-state index in [-0.39, 0.29) is 11.9 Å². The molecule has 108 valence electrons. The molecule has 0 saturated heterocycles.